The summed E-state index contributed by atoms with van der Waals surface area (Å²) in [5.74, 6) is -0.395. The quantitative estimate of drug-likeness (QED) is 0.709. The number of hydrogen-bond acceptors (Lipinski definition) is 4. The number of rotatable bonds is 3. The molecule has 0 saturated heterocycles. The highest BCUT2D eigenvalue weighted by atomic mass is 16.5. The van der Waals surface area contributed by atoms with Crippen LogP contribution in [0.2, 0.25) is 0 Å². The Bertz CT molecular complexity index is 326. The molecule has 1 aromatic rings. The van der Waals surface area contributed by atoms with Gasteiger partial charge in [0.05, 0.1) is 7.11 Å². The fraction of sp³-hybridized carbons (Fsp3) is 0.400. The first-order valence-corrected chi connectivity index (χ1v) is 4.39. The largest absolute Gasteiger partial charge is 0.468 e. The lowest BCUT2D eigenvalue weighted by Gasteiger charge is -2.10. The number of methoxy groups -OCH3 is 1. The van der Waals surface area contributed by atoms with Crippen LogP contribution in [-0.2, 0) is 16.0 Å². The first-order chi connectivity index (χ1) is 6.65. The zero-order valence-corrected chi connectivity index (χ0v) is 8.36. The number of carbonyl (C=O) groups is 1. The summed E-state index contributed by atoms with van der Waals surface area (Å²) in [6.07, 6.45) is 2.18. The van der Waals surface area contributed by atoms with Crippen LogP contribution in [0.4, 0.5) is 0 Å². The lowest BCUT2D eigenvalue weighted by molar-refractivity contribution is -0.142. The Morgan fingerprint density at radius 3 is 3.00 bits per heavy atom. The van der Waals surface area contributed by atoms with E-state index in [4.69, 9.17) is 5.73 Å². The van der Waals surface area contributed by atoms with E-state index in [2.05, 4.69) is 9.72 Å². The lowest BCUT2D eigenvalue weighted by atomic mass is 10.1. The maximum absolute atomic E-state index is 11.1. The summed E-state index contributed by atoms with van der Waals surface area (Å²) in [7, 11) is 1.33. The van der Waals surface area contributed by atoms with Crippen LogP contribution < -0.4 is 5.73 Å². The molecule has 0 aromatic carbocycles. The van der Waals surface area contributed by atoms with Crippen LogP contribution in [0.15, 0.2) is 18.3 Å². The second-order valence-corrected chi connectivity index (χ2v) is 3.08. The predicted octanol–water partition coefficient (Wildman–Crippen LogP) is 0.433. The van der Waals surface area contributed by atoms with Crippen molar-refractivity contribution in [2.75, 3.05) is 7.11 Å². The zero-order chi connectivity index (χ0) is 10.6. The standard InChI is InChI=1S/C10H14N2O2/c1-7-8(4-3-5-12-7)6-9(11)10(13)14-2/h3-5,9H,6,11H2,1-2H3/t9-/m1/s1. The number of ether oxygens (including phenoxy) is 1. The first kappa shape index (κ1) is 10.7. The Morgan fingerprint density at radius 2 is 2.43 bits per heavy atom. The molecular formula is C10H14N2O2. The minimum atomic E-state index is -0.608. The molecule has 0 aliphatic heterocycles. The van der Waals surface area contributed by atoms with Gasteiger partial charge in [0.2, 0.25) is 0 Å². The topological polar surface area (TPSA) is 65.2 Å². The van der Waals surface area contributed by atoms with Crippen molar-refractivity contribution >= 4 is 5.97 Å². The maximum atomic E-state index is 11.1. The molecule has 0 aliphatic rings. The summed E-state index contributed by atoms with van der Waals surface area (Å²) in [6, 6.07) is 3.13. The Labute approximate surface area is 83.1 Å². The van der Waals surface area contributed by atoms with E-state index >= 15 is 0 Å². The molecule has 0 unspecified atom stereocenters. The molecule has 0 spiro atoms. The Hall–Kier alpha value is -1.42. The van der Waals surface area contributed by atoms with Crippen LogP contribution in [0, 0.1) is 6.92 Å². The molecule has 0 saturated carbocycles. The number of nitrogens with two attached hydrogens (primary N) is 1. The average molecular weight is 194 g/mol. The van der Waals surface area contributed by atoms with E-state index in [9.17, 15) is 4.79 Å². The van der Waals surface area contributed by atoms with Gasteiger partial charge in [0.1, 0.15) is 6.04 Å². The van der Waals surface area contributed by atoms with Gasteiger partial charge in [-0.1, -0.05) is 6.07 Å². The molecule has 0 radical (unpaired) electrons. The molecule has 0 fully saturated rings. The van der Waals surface area contributed by atoms with Gasteiger partial charge in [0.15, 0.2) is 0 Å². The van der Waals surface area contributed by atoms with Gasteiger partial charge in [-0.15, -0.1) is 0 Å². The van der Waals surface area contributed by atoms with E-state index in [1.54, 1.807) is 6.20 Å². The maximum Gasteiger partial charge on any atom is 0.322 e. The highest BCUT2D eigenvalue weighted by molar-refractivity contribution is 5.75. The molecule has 0 aliphatic carbocycles. The minimum Gasteiger partial charge on any atom is -0.468 e. The molecule has 1 rings (SSSR count). The van der Waals surface area contributed by atoms with Gasteiger partial charge in [-0.3, -0.25) is 9.78 Å². The summed E-state index contributed by atoms with van der Waals surface area (Å²) in [5, 5.41) is 0. The lowest BCUT2D eigenvalue weighted by Crippen LogP contribution is -2.33. The first-order valence-electron chi connectivity index (χ1n) is 4.39. The molecule has 1 atom stereocenters. The van der Waals surface area contributed by atoms with Crippen molar-refractivity contribution in [2.24, 2.45) is 5.73 Å². The number of esters is 1. The second kappa shape index (κ2) is 4.72. The summed E-state index contributed by atoms with van der Waals surface area (Å²) in [4.78, 5) is 15.2. The fourth-order valence-corrected chi connectivity index (χ4v) is 1.20. The summed E-state index contributed by atoms with van der Waals surface area (Å²) < 4.78 is 4.54. The van der Waals surface area contributed by atoms with E-state index in [0.717, 1.165) is 11.3 Å². The van der Waals surface area contributed by atoms with Gasteiger partial charge in [0.25, 0.3) is 0 Å². The molecule has 1 heterocycles. The number of aryl methyl sites for hydroxylation is 1. The number of aromatic nitrogens is 1. The van der Waals surface area contributed by atoms with Crippen molar-refractivity contribution in [1.82, 2.24) is 4.98 Å². The zero-order valence-electron chi connectivity index (χ0n) is 8.36. The molecule has 4 nitrogen and oxygen atoms in total. The van der Waals surface area contributed by atoms with Crippen LogP contribution in [0.25, 0.3) is 0 Å². The Balaban J connectivity index is 2.69. The molecule has 14 heavy (non-hydrogen) atoms. The summed E-state index contributed by atoms with van der Waals surface area (Å²) >= 11 is 0. The Morgan fingerprint density at radius 1 is 1.71 bits per heavy atom. The average Bonchev–Trinajstić information content (AvgIpc) is 2.20. The highest BCUT2D eigenvalue weighted by Crippen LogP contribution is 2.06. The third-order valence-electron chi connectivity index (χ3n) is 2.06. The van der Waals surface area contributed by atoms with E-state index in [1.807, 2.05) is 19.1 Å². The number of nitrogens with zero attached hydrogens (tertiary/aromatic N) is 1. The van der Waals surface area contributed by atoms with Gasteiger partial charge in [-0.25, -0.2) is 0 Å². The van der Waals surface area contributed by atoms with E-state index < -0.39 is 12.0 Å². The van der Waals surface area contributed by atoms with Crippen LogP contribution >= 0.6 is 0 Å². The van der Waals surface area contributed by atoms with Gasteiger partial charge < -0.3 is 10.5 Å². The van der Waals surface area contributed by atoms with Crippen molar-refractivity contribution < 1.29 is 9.53 Å². The molecule has 76 valence electrons. The molecule has 2 N–H and O–H groups in total. The fourth-order valence-electron chi connectivity index (χ4n) is 1.20. The second-order valence-electron chi connectivity index (χ2n) is 3.08. The SMILES string of the molecule is COC(=O)[C@H](N)Cc1cccnc1C. The molecular weight excluding hydrogens is 180 g/mol. The normalized spacial score (nSPS) is 12.2. The van der Waals surface area contributed by atoms with Crippen LogP contribution in [-0.4, -0.2) is 24.1 Å². The van der Waals surface area contributed by atoms with Crippen molar-refractivity contribution in [2.45, 2.75) is 19.4 Å². The monoisotopic (exact) mass is 194 g/mol. The van der Waals surface area contributed by atoms with Crippen molar-refractivity contribution in [3.05, 3.63) is 29.6 Å². The van der Waals surface area contributed by atoms with Crippen molar-refractivity contribution in [3.8, 4) is 0 Å². The molecule has 0 bridgehead atoms. The molecule has 0 amide bonds. The highest BCUT2D eigenvalue weighted by Gasteiger charge is 2.15. The predicted molar refractivity (Wildman–Crippen MR) is 52.7 cm³/mol. The minimum absolute atomic E-state index is 0.395. The van der Waals surface area contributed by atoms with Gasteiger partial charge in [0, 0.05) is 18.3 Å². The van der Waals surface area contributed by atoms with E-state index in [-0.39, 0.29) is 0 Å². The third kappa shape index (κ3) is 2.53. The molecule has 4 heteroatoms. The number of pyridine rings is 1. The summed E-state index contributed by atoms with van der Waals surface area (Å²) in [5.41, 5.74) is 7.50. The van der Waals surface area contributed by atoms with Crippen LogP contribution in [0.3, 0.4) is 0 Å². The van der Waals surface area contributed by atoms with Gasteiger partial charge in [-0.05, 0) is 18.6 Å². The van der Waals surface area contributed by atoms with Crippen molar-refractivity contribution in [1.29, 1.82) is 0 Å². The van der Waals surface area contributed by atoms with Gasteiger partial charge >= 0.3 is 5.97 Å². The smallest absolute Gasteiger partial charge is 0.322 e. The number of carbonyl (C=O) groups excluding carboxylic acids is 1. The van der Waals surface area contributed by atoms with Crippen LogP contribution in [0.1, 0.15) is 11.3 Å². The van der Waals surface area contributed by atoms with E-state index in [0.29, 0.717) is 6.42 Å². The third-order valence-corrected chi connectivity index (χ3v) is 2.06. The van der Waals surface area contributed by atoms with E-state index in [1.165, 1.54) is 7.11 Å². The van der Waals surface area contributed by atoms with Crippen LogP contribution in [0.5, 0.6) is 0 Å². The van der Waals surface area contributed by atoms with Crippen molar-refractivity contribution in [3.63, 3.8) is 0 Å². The van der Waals surface area contributed by atoms with Gasteiger partial charge in [-0.2, -0.15) is 0 Å². The summed E-state index contributed by atoms with van der Waals surface area (Å²) in [6.45, 7) is 1.89. The number of hydrogen-bond donors (Lipinski definition) is 1. The molecule has 1 aromatic heterocycles. The Kier molecular flexibility index (Phi) is 3.59.